The van der Waals surface area contributed by atoms with Gasteiger partial charge in [-0.2, -0.15) is 0 Å². The number of imide groups is 1. The summed E-state index contributed by atoms with van der Waals surface area (Å²) >= 11 is 1.40. The Morgan fingerprint density at radius 3 is 2.53 bits per heavy atom. The maximum absolute atomic E-state index is 12.0. The lowest BCUT2D eigenvalue weighted by atomic mass is 10.3. The number of hydrogen-bond donors (Lipinski definition) is 1. The van der Waals surface area contributed by atoms with Gasteiger partial charge in [-0.05, 0) is 18.6 Å². The molecule has 1 saturated heterocycles. The Morgan fingerprint density at radius 2 is 2.00 bits per heavy atom. The summed E-state index contributed by atoms with van der Waals surface area (Å²) in [6, 6.07) is 3.63. The highest BCUT2D eigenvalue weighted by Gasteiger charge is 2.27. The highest BCUT2D eigenvalue weighted by atomic mass is 32.1. The lowest BCUT2D eigenvalue weighted by molar-refractivity contribution is -0.135. The third kappa shape index (κ3) is 2.52. The quantitative estimate of drug-likeness (QED) is 0.775. The van der Waals surface area contributed by atoms with Crippen LogP contribution in [0.2, 0.25) is 0 Å². The second kappa shape index (κ2) is 4.67. The molecule has 0 bridgehead atoms. The molecule has 17 heavy (non-hydrogen) atoms. The van der Waals surface area contributed by atoms with Gasteiger partial charge in [-0.1, -0.05) is 6.92 Å². The molecule has 6 heteroatoms. The largest absolute Gasteiger partial charge is 0.319 e. The van der Waals surface area contributed by atoms with Crippen LogP contribution >= 0.6 is 11.3 Å². The Kier molecular flexibility index (Phi) is 3.23. The lowest BCUT2D eigenvalue weighted by Gasteiger charge is -2.24. The van der Waals surface area contributed by atoms with Crippen LogP contribution < -0.4 is 5.32 Å². The zero-order valence-corrected chi connectivity index (χ0v) is 10.2. The normalized spacial score (nSPS) is 15.9. The van der Waals surface area contributed by atoms with Gasteiger partial charge in [0.1, 0.15) is 13.1 Å². The minimum absolute atomic E-state index is 0.0517. The molecule has 0 atom stereocenters. The van der Waals surface area contributed by atoms with Crippen molar-refractivity contribution in [1.82, 2.24) is 10.2 Å². The van der Waals surface area contributed by atoms with E-state index >= 15 is 0 Å². The number of carbonyl (C=O) groups excluding carboxylic acids is 3. The van der Waals surface area contributed by atoms with Crippen molar-refractivity contribution < 1.29 is 14.4 Å². The van der Waals surface area contributed by atoms with Crippen LogP contribution in [0.3, 0.4) is 0 Å². The number of hydrogen-bond acceptors (Lipinski definition) is 4. The number of rotatable bonds is 2. The molecule has 90 valence electrons. The summed E-state index contributed by atoms with van der Waals surface area (Å²) in [7, 11) is 0. The van der Waals surface area contributed by atoms with E-state index in [2.05, 4.69) is 5.32 Å². The molecule has 2 heterocycles. The van der Waals surface area contributed by atoms with Crippen molar-refractivity contribution in [3.63, 3.8) is 0 Å². The SMILES string of the molecule is CCc1ccc(C(=O)N2CC(=O)NC(=O)C2)s1. The Hall–Kier alpha value is -1.69. The topological polar surface area (TPSA) is 66.5 Å². The van der Waals surface area contributed by atoms with Gasteiger partial charge in [0.15, 0.2) is 0 Å². The number of nitrogens with one attached hydrogen (secondary N) is 1. The van der Waals surface area contributed by atoms with Crippen molar-refractivity contribution in [2.24, 2.45) is 0 Å². The van der Waals surface area contributed by atoms with E-state index in [4.69, 9.17) is 0 Å². The van der Waals surface area contributed by atoms with Gasteiger partial charge in [0.2, 0.25) is 11.8 Å². The first-order valence-electron chi connectivity index (χ1n) is 5.31. The Balaban J connectivity index is 2.14. The van der Waals surface area contributed by atoms with E-state index < -0.39 is 11.8 Å². The first-order valence-corrected chi connectivity index (χ1v) is 6.12. The summed E-state index contributed by atoms with van der Waals surface area (Å²) in [6.45, 7) is 1.91. The van der Waals surface area contributed by atoms with Crippen molar-refractivity contribution in [2.75, 3.05) is 13.1 Å². The van der Waals surface area contributed by atoms with E-state index in [1.807, 2.05) is 13.0 Å². The summed E-state index contributed by atoms with van der Waals surface area (Å²) in [5.41, 5.74) is 0. The van der Waals surface area contributed by atoms with Gasteiger partial charge in [0.25, 0.3) is 5.91 Å². The molecule has 1 aromatic heterocycles. The van der Waals surface area contributed by atoms with Crippen LogP contribution in [-0.4, -0.2) is 35.7 Å². The third-order valence-electron chi connectivity index (χ3n) is 2.46. The highest BCUT2D eigenvalue weighted by molar-refractivity contribution is 7.14. The summed E-state index contributed by atoms with van der Waals surface area (Å²) in [6.07, 6.45) is 0.872. The van der Waals surface area contributed by atoms with E-state index in [0.29, 0.717) is 4.88 Å². The fraction of sp³-hybridized carbons (Fsp3) is 0.364. The first-order chi connectivity index (χ1) is 8.10. The first kappa shape index (κ1) is 11.8. The molecule has 5 nitrogen and oxygen atoms in total. The predicted octanol–water partition coefficient (Wildman–Crippen LogP) is 0.409. The molecule has 0 aromatic carbocycles. The summed E-state index contributed by atoms with van der Waals surface area (Å²) < 4.78 is 0. The third-order valence-corrected chi connectivity index (χ3v) is 3.67. The Morgan fingerprint density at radius 1 is 1.35 bits per heavy atom. The van der Waals surface area contributed by atoms with Crippen LogP contribution in [0.1, 0.15) is 21.5 Å². The van der Waals surface area contributed by atoms with Crippen LogP contribution in [0.5, 0.6) is 0 Å². The number of carbonyl (C=O) groups is 3. The van der Waals surface area contributed by atoms with Crippen LogP contribution in [-0.2, 0) is 16.0 Å². The second-order valence-electron chi connectivity index (χ2n) is 3.75. The van der Waals surface area contributed by atoms with Crippen LogP contribution in [0, 0.1) is 0 Å². The number of nitrogens with zero attached hydrogens (tertiary/aromatic N) is 1. The smallest absolute Gasteiger partial charge is 0.264 e. The minimum Gasteiger partial charge on any atom is -0.319 e. The van der Waals surface area contributed by atoms with Gasteiger partial charge in [-0.15, -0.1) is 11.3 Å². The molecule has 0 aliphatic carbocycles. The van der Waals surface area contributed by atoms with Crippen LogP contribution in [0.25, 0.3) is 0 Å². The maximum Gasteiger partial charge on any atom is 0.264 e. The predicted molar refractivity (Wildman–Crippen MR) is 62.8 cm³/mol. The number of amides is 3. The number of aryl methyl sites for hydroxylation is 1. The van der Waals surface area contributed by atoms with Gasteiger partial charge >= 0.3 is 0 Å². The number of thiophene rings is 1. The lowest BCUT2D eigenvalue weighted by Crippen LogP contribution is -2.53. The van der Waals surface area contributed by atoms with Crippen molar-refractivity contribution in [1.29, 1.82) is 0 Å². The maximum atomic E-state index is 12.0. The van der Waals surface area contributed by atoms with E-state index in [1.54, 1.807) is 6.07 Å². The van der Waals surface area contributed by atoms with E-state index in [-0.39, 0.29) is 19.0 Å². The molecule has 2 rings (SSSR count). The standard InChI is InChI=1S/C11H12N2O3S/c1-2-7-3-4-8(17-7)11(16)13-5-9(14)12-10(15)6-13/h3-4H,2,5-6H2,1H3,(H,12,14,15). The van der Waals surface area contributed by atoms with E-state index in [0.717, 1.165) is 11.3 Å². The summed E-state index contributed by atoms with van der Waals surface area (Å²) in [5.74, 6) is -1.11. The minimum atomic E-state index is -0.429. The van der Waals surface area contributed by atoms with Crippen molar-refractivity contribution in [2.45, 2.75) is 13.3 Å². The molecule has 3 amide bonds. The van der Waals surface area contributed by atoms with Crippen molar-refractivity contribution in [3.05, 3.63) is 21.9 Å². The van der Waals surface area contributed by atoms with Crippen LogP contribution in [0.15, 0.2) is 12.1 Å². The molecule has 1 aromatic rings. The number of piperazine rings is 1. The molecule has 1 N–H and O–H groups in total. The van der Waals surface area contributed by atoms with Crippen molar-refractivity contribution >= 4 is 29.1 Å². The molecule has 1 aliphatic rings. The zero-order chi connectivity index (χ0) is 12.4. The monoisotopic (exact) mass is 252 g/mol. The molecule has 0 radical (unpaired) electrons. The second-order valence-corrected chi connectivity index (χ2v) is 4.92. The fourth-order valence-electron chi connectivity index (χ4n) is 1.62. The van der Waals surface area contributed by atoms with Gasteiger partial charge in [0.05, 0.1) is 4.88 Å². The Bertz CT molecular complexity index is 465. The highest BCUT2D eigenvalue weighted by Crippen LogP contribution is 2.19. The molecule has 0 unspecified atom stereocenters. The van der Waals surface area contributed by atoms with E-state index in [9.17, 15) is 14.4 Å². The van der Waals surface area contributed by atoms with Gasteiger partial charge in [0, 0.05) is 4.88 Å². The summed E-state index contributed by atoms with van der Waals surface area (Å²) in [5, 5.41) is 2.16. The summed E-state index contributed by atoms with van der Waals surface area (Å²) in [4.78, 5) is 37.3. The van der Waals surface area contributed by atoms with Gasteiger partial charge in [-0.3, -0.25) is 19.7 Å². The Labute approximate surface area is 102 Å². The van der Waals surface area contributed by atoms with E-state index in [1.165, 1.54) is 16.2 Å². The molecule has 0 spiro atoms. The molecule has 0 saturated carbocycles. The molecule has 1 fully saturated rings. The molecular formula is C11H12N2O3S. The van der Waals surface area contributed by atoms with Gasteiger partial charge < -0.3 is 4.90 Å². The molecule has 1 aliphatic heterocycles. The van der Waals surface area contributed by atoms with Gasteiger partial charge in [-0.25, -0.2) is 0 Å². The average Bonchev–Trinajstić information content (AvgIpc) is 2.75. The fourth-order valence-corrected chi connectivity index (χ4v) is 2.53. The zero-order valence-electron chi connectivity index (χ0n) is 9.36. The van der Waals surface area contributed by atoms with Crippen molar-refractivity contribution in [3.8, 4) is 0 Å². The average molecular weight is 252 g/mol. The van der Waals surface area contributed by atoms with Crippen LogP contribution in [0.4, 0.5) is 0 Å². The molecular weight excluding hydrogens is 240 g/mol.